The van der Waals surface area contributed by atoms with Crippen LogP contribution in [0.2, 0.25) is 0 Å². The van der Waals surface area contributed by atoms with Gasteiger partial charge in [-0.15, -0.1) is 0 Å². The predicted molar refractivity (Wildman–Crippen MR) is 101 cm³/mol. The number of rotatable bonds is 3. The van der Waals surface area contributed by atoms with Crippen LogP contribution in [0.1, 0.15) is 41.2 Å². The van der Waals surface area contributed by atoms with Gasteiger partial charge in [-0.2, -0.15) is 13.2 Å². The fraction of sp³-hybridized carbons (Fsp3) is 0.381. The quantitative estimate of drug-likeness (QED) is 0.710. The van der Waals surface area contributed by atoms with E-state index in [0.29, 0.717) is 48.4 Å². The third-order valence-corrected chi connectivity index (χ3v) is 5.15. The summed E-state index contributed by atoms with van der Waals surface area (Å²) in [4.78, 5) is 13.5. The topological polar surface area (TPSA) is 32.3 Å². The standard InChI is InChI=1S/C21H22F4N2O/c1-4-18(28)26-20-12(2)9-17(19(22)13(20)3)27-8-7-14-10-16(21(23,24)25)6-5-15(14)11-27/h5-6,9-10H,4,7-8,11H2,1-3H3,(H,26,28). The lowest BCUT2D eigenvalue weighted by Gasteiger charge is -2.32. The molecule has 0 spiro atoms. The molecule has 2 aromatic rings. The molecule has 0 radical (unpaired) electrons. The summed E-state index contributed by atoms with van der Waals surface area (Å²) < 4.78 is 53.8. The van der Waals surface area contributed by atoms with Crippen LogP contribution in [0.15, 0.2) is 24.3 Å². The normalized spacial score (nSPS) is 14.0. The number of nitrogens with one attached hydrogen (secondary N) is 1. The number of fused-ring (bicyclic) bond motifs is 1. The Balaban J connectivity index is 1.91. The highest BCUT2D eigenvalue weighted by Gasteiger charge is 2.32. The molecule has 0 aliphatic carbocycles. The molecule has 150 valence electrons. The molecule has 1 aliphatic rings. The van der Waals surface area contributed by atoms with E-state index in [2.05, 4.69) is 5.32 Å². The van der Waals surface area contributed by atoms with E-state index >= 15 is 4.39 Å². The van der Waals surface area contributed by atoms with Crippen molar-refractivity contribution >= 4 is 17.3 Å². The Morgan fingerprint density at radius 3 is 2.54 bits per heavy atom. The molecule has 1 amide bonds. The van der Waals surface area contributed by atoms with Gasteiger partial charge >= 0.3 is 6.18 Å². The predicted octanol–water partition coefficient (Wildman–Crippen LogP) is 5.37. The van der Waals surface area contributed by atoms with Gasteiger partial charge in [0.25, 0.3) is 0 Å². The van der Waals surface area contributed by atoms with Crippen molar-refractivity contribution in [1.29, 1.82) is 0 Å². The highest BCUT2D eigenvalue weighted by atomic mass is 19.4. The number of nitrogens with zero attached hydrogens (tertiary/aromatic N) is 1. The van der Waals surface area contributed by atoms with Crippen LogP contribution in [0.25, 0.3) is 0 Å². The van der Waals surface area contributed by atoms with E-state index in [1.54, 1.807) is 26.8 Å². The highest BCUT2D eigenvalue weighted by molar-refractivity contribution is 5.92. The van der Waals surface area contributed by atoms with Crippen LogP contribution in [0.4, 0.5) is 28.9 Å². The van der Waals surface area contributed by atoms with Crippen LogP contribution < -0.4 is 10.2 Å². The molecular formula is C21H22F4N2O. The summed E-state index contributed by atoms with van der Waals surface area (Å²) in [6, 6.07) is 5.40. The largest absolute Gasteiger partial charge is 0.416 e. The zero-order valence-corrected chi connectivity index (χ0v) is 16.0. The molecule has 0 atom stereocenters. The van der Waals surface area contributed by atoms with Gasteiger partial charge in [0.1, 0.15) is 0 Å². The second-order valence-corrected chi connectivity index (χ2v) is 7.08. The van der Waals surface area contributed by atoms with E-state index in [1.165, 1.54) is 12.1 Å². The fourth-order valence-corrected chi connectivity index (χ4v) is 3.52. The first-order chi connectivity index (χ1) is 13.1. The van der Waals surface area contributed by atoms with E-state index < -0.39 is 17.6 Å². The van der Waals surface area contributed by atoms with Crippen molar-refractivity contribution in [2.75, 3.05) is 16.8 Å². The highest BCUT2D eigenvalue weighted by Crippen LogP contribution is 2.36. The molecule has 1 aliphatic heterocycles. The lowest BCUT2D eigenvalue weighted by atomic mass is 9.96. The van der Waals surface area contributed by atoms with Crippen molar-refractivity contribution in [2.24, 2.45) is 0 Å². The van der Waals surface area contributed by atoms with Crippen LogP contribution in [-0.2, 0) is 23.9 Å². The molecular weight excluding hydrogens is 372 g/mol. The number of carbonyl (C=O) groups is 1. The molecule has 1 heterocycles. The molecule has 28 heavy (non-hydrogen) atoms. The Labute approximate surface area is 161 Å². The molecule has 0 fully saturated rings. The average molecular weight is 394 g/mol. The Kier molecular flexibility index (Phi) is 5.37. The van der Waals surface area contributed by atoms with Gasteiger partial charge < -0.3 is 10.2 Å². The maximum Gasteiger partial charge on any atom is 0.416 e. The van der Waals surface area contributed by atoms with Crippen LogP contribution in [-0.4, -0.2) is 12.5 Å². The summed E-state index contributed by atoms with van der Waals surface area (Å²) in [6.45, 7) is 5.90. The summed E-state index contributed by atoms with van der Waals surface area (Å²) in [5.41, 5.74) is 2.72. The second-order valence-electron chi connectivity index (χ2n) is 7.08. The Hall–Kier alpha value is -2.57. The monoisotopic (exact) mass is 394 g/mol. The van der Waals surface area contributed by atoms with E-state index in [-0.39, 0.29) is 5.91 Å². The van der Waals surface area contributed by atoms with Crippen LogP contribution in [0, 0.1) is 19.7 Å². The summed E-state index contributed by atoms with van der Waals surface area (Å²) in [5, 5.41) is 2.73. The van der Waals surface area contributed by atoms with Gasteiger partial charge in [0.2, 0.25) is 5.91 Å². The summed E-state index contributed by atoms with van der Waals surface area (Å²) in [6.07, 6.45) is -3.67. The van der Waals surface area contributed by atoms with Crippen LogP contribution >= 0.6 is 0 Å². The van der Waals surface area contributed by atoms with Crippen molar-refractivity contribution in [2.45, 2.75) is 46.3 Å². The fourth-order valence-electron chi connectivity index (χ4n) is 3.52. The molecule has 0 bridgehead atoms. The number of alkyl halides is 3. The Bertz CT molecular complexity index is 922. The molecule has 1 N–H and O–H groups in total. The zero-order chi connectivity index (χ0) is 20.6. The number of anilines is 2. The first-order valence-electron chi connectivity index (χ1n) is 9.15. The average Bonchev–Trinajstić information content (AvgIpc) is 2.66. The third kappa shape index (κ3) is 3.84. The van der Waals surface area contributed by atoms with E-state index in [1.807, 2.05) is 4.90 Å². The number of amides is 1. The summed E-state index contributed by atoms with van der Waals surface area (Å²) in [5.74, 6) is -0.613. The van der Waals surface area contributed by atoms with Gasteiger partial charge in [0.05, 0.1) is 11.3 Å². The molecule has 3 rings (SSSR count). The lowest BCUT2D eigenvalue weighted by molar-refractivity contribution is -0.137. The Morgan fingerprint density at radius 1 is 1.18 bits per heavy atom. The second kappa shape index (κ2) is 7.45. The smallest absolute Gasteiger partial charge is 0.364 e. The van der Waals surface area contributed by atoms with E-state index in [4.69, 9.17) is 0 Å². The first kappa shape index (κ1) is 20.2. The number of carbonyl (C=O) groups excluding carboxylic acids is 1. The SMILES string of the molecule is CCC(=O)Nc1c(C)cc(N2CCc3cc(C(F)(F)F)ccc3C2)c(F)c1C. The van der Waals surface area contributed by atoms with Crippen molar-refractivity contribution in [3.8, 4) is 0 Å². The maximum absolute atomic E-state index is 15.0. The van der Waals surface area contributed by atoms with Crippen LogP contribution in [0.5, 0.6) is 0 Å². The molecule has 0 saturated carbocycles. The van der Waals surface area contributed by atoms with Gasteiger partial charge in [-0.1, -0.05) is 13.0 Å². The van der Waals surface area contributed by atoms with Gasteiger partial charge in [0, 0.05) is 30.8 Å². The van der Waals surface area contributed by atoms with E-state index in [0.717, 1.165) is 17.2 Å². The minimum absolute atomic E-state index is 0.189. The van der Waals surface area contributed by atoms with Crippen molar-refractivity contribution < 1.29 is 22.4 Å². The third-order valence-electron chi connectivity index (χ3n) is 5.15. The summed E-state index contributed by atoms with van der Waals surface area (Å²) in [7, 11) is 0. The molecule has 7 heteroatoms. The summed E-state index contributed by atoms with van der Waals surface area (Å²) >= 11 is 0. The van der Waals surface area contributed by atoms with Crippen LogP contribution in [0.3, 0.4) is 0 Å². The van der Waals surface area contributed by atoms with Gasteiger partial charge in [-0.25, -0.2) is 4.39 Å². The van der Waals surface area contributed by atoms with Gasteiger partial charge in [-0.05, 0) is 55.2 Å². The van der Waals surface area contributed by atoms with Crippen molar-refractivity contribution in [3.05, 3.63) is 57.9 Å². The molecule has 3 nitrogen and oxygen atoms in total. The number of halogens is 4. The Morgan fingerprint density at radius 2 is 1.89 bits per heavy atom. The number of hydrogen-bond acceptors (Lipinski definition) is 2. The lowest BCUT2D eigenvalue weighted by Crippen LogP contribution is -2.31. The van der Waals surface area contributed by atoms with Gasteiger partial charge in [0.15, 0.2) is 5.82 Å². The van der Waals surface area contributed by atoms with Gasteiger partial charge in [-0.3, -0.25) is 4.79 Å². The molecule has 0 unspecified atom stereocenters. The zero-order valence-electron chi connectivity index (χ0n) is 16.0. The number of hydrogen-bond donors (Lipinski definition) is 1. The van der Waals surface area contributed by atoms with Crippen molar-refractivity contribution in [1.82, 2.24) is 0 Å². The number of benzene rings is 2. The molecule has 0 aromatic heterocycles. The van der Waals surface area contributed by atoms with E-state index in [9.17, 15) is 18.0 Å². The first-order valence-corrected chi connectivity index (χ1v) is 9.15. The molecule has 0 saturated heterocycles. The van der Waals surface area contributed by atoms with Crippen molar-refractivity contribution in [3.63, 3.8) is 0 Å². The number of aryl methyl sites for hydroxylation is 1. The minimum Gasteiger partial charge on any atom is -0.364 e. The maximum atomic E-state index is 15.0. The minimum atomic E-state index is -4.37. The molecule has 2 aromatic carbocycles.